The molecule has 0 aliphatic carbocycles. The smallest absolute Gasteiger partial charge is 0.340 e. The van der Waals surface area contributed by atoms with Gasteiger partial charge in [0.25, 0.3) is 0 Å². The van der Waals surface area contributed by atoms with Crippen molar-refractivity contribution in [3.8, 4) is 0 Å². The third kappa shape index (κ3) is 2.78. The molecule has 0 atom stereocenters. The molecule has 0 unspecified atom stereocenters. The van der Waals surface area contributed by atoms with E-state index in [0.29, 0.717) is 16.9 Å². The van der Waals surface area contributed by atoms with Crippen LogP contribution in [0.15, 0.2) is 23.6 Å². The van der Waals surface area contributed by atoms with E-state index in [2.05, 4.69) is 4.98 Å². The fourth-order valence-electron chi connectivity index (χ4n) is 1.46. The molecule has 94 valence electrons. The van der Waals surface area contributed by atoms with Crippen molar-refractivity contribution >= 4 is 28.7 Å². The van der Waals surface area contributed by atoms with E-state index in [4.69, 9.17) is 16.2 Å². The molecule has 0 aliphatic rings. The fourth-order valence-corrected chi connectivity index (χ4v) is 2.06. The van der Waals surface area contributed by atoms with Gasteiger partial charge in [-0.05, 0) is 25.1 Å². The maximum Gasteiger partial charge on any atom is 0.340 e. The standard InChI is InChI=1S/C12H13N3O2S/c1-7-15-9(6-18-7)5-17-12(16)10-3-2-8(13)4-11(10)14/h2-4,6H,5,13-14H2,1H3. The van der Waals surface area contributed by atoms with Gasteiger partial charge in [0.15, 0.2) is 0 Å². The van der Waals surface area contributed by atoms with Crippen LogP contribution in [0.4, 0.5) is 11.4 Å². The van der Waals surface area contributed by atoms with Crippen molar-refractivity contribution in [2.45, 2.75) is 13.5 Å². The number of hydrogen-bond acceptors (Lipinski definition) is 6. The normalized spacial score (nSPS) is 10.3. The van der Waals surface area contributed by atoms with Gasteiger partial charge in [0, 0.05) is 16.8 Å². The highest BCUT2D eigenvalue weighted by Gasteiger charge is 2.12. The number of nitrogen functional groups attached to an aromatic ring is 2. The summed E-state index contributed by atoms with van der Waals surface area (Å²) in [7, 11) is 0. The monoisotopic (exact) mass is 263 g/mol. The van der Waals surface area contributed by atoms with E-state index in [1.165, 1.54) is 17.4 Å². The lowest BCUT2D eigenvalue weighted by Gasteiger charge is -2.06. The molecule has 5 nitrogen and oxygen atoms in total. The van der Waals surface area contributed by atoms with Crippen LogP contribution in [0, 0.1) is 6.92 Å². The Morgan fingerprint density at radius 3 is 2.83 bits per heavy atom. The number of thiazole rings is 1. The van der Waals surface area contributed by atoms with Crippen LogP contribution in [-0.2, 0) is 11.3 Å². The first-order chi connectivity index (χ1) is 8.56. The number of hydrogen-bond donors (Lipinski definition) is 2. The molecule has 1 aromatic heterocycles. The van der Waals surface area contributed by atoms with E-state index in [-0.39, 0.29) is 6.61 Å². The Morgan fingerprint density at radius 2 is 2.22 bits per heavy atom. The Bertz CT molecular complexity index is 580. The van der Waals surface area contributed by atoms with E-state index < -0.39 is 5.97 Å². The molecule has 0 spiro atoms. The van der Waals surface area contributed by atoms with E-state index in [0.717, 1.165) is 10.7 Å². The Kier molecular flexibility index (Phi) is 3.47. The van der Waals surface area contributed by atoms with Crippen LogP contribution in [0.1, 0.15) is 21.1 Å². The summed E-state index contributed by atoms with van der Waals surface area (Å²) in [5.41, 5.74) is 13.1. The van der Waals surface area contributed by atoms with Crippen LogP contribution >= 0.6 is 11.3 Å². The van der Waals surface area contributed by atoms with Gasteiger partial charge >= 0.3 is 5.97 Å². The van der Waals surface area contributed by atoms with Crippen molar-refractivity contribution < 1.29 is 9.53 Å². The second-order valence-corrected chi connectivity index (χ2v) is 4.84. The van der Waals surface area contributed by atoms with Gasteiger partial charge in [-0.1, -0.05) is 0 Å². The Labute approximate surface area is 108 Å². The summed E-state index contributed by atoms with van der Waals surface area (Å²) < 4.78 is 5.13. The largest absolute Gasteiger partial charge is 0.455 e. The number of nitrogens with two attached hydrogens (primary N) is 2. The molecule has 0 amide bonds. The maximum atomic E-state index is 11.8. The van der Waals surface area contributed by atoms with Gasteiger partial charge in [0.2, 0.25) is 0 Å². The number of carbonyl (C=O) groups is 1. The molecule has 0 radical (unpaired) electrons. The van der Waals surface area contributed by atoms with Crippen molar-refractivity contribution in [2.75, 3.05) is 11.5 Å². The molecule has 6 heteroatoms. The highest BCUT2D eigenvalue weighted by molar-refractivity contribution is 7.09. The van der Waals surface area contributed by atoms with Crippen LogP contribution in [0.3, 0.4) is 0 Å². The van der Waals surface area contributed by atoms with Crippen molar-refractivity contribution in [3.63, 3.8) is 0 Å². The molecule has 0 saturated heterocycles. The number of anilines is 2. The van der Waals surface area contributed by atoms with Gasteiger partial charge in [0.1, 0.15) is 6.61 Å². The number of carbonyl (C=O) groups excluding carboxylic acids is 1. The number of rotatable bonds is 3. The first-order valence-corrected chi connectivity index (χ1v) is 6.17. The van der Waals surface area contributed by atoms with Crippen LogP contribution in [0.25, 0.3) is 0 Å². The van der Waals surface area contributed by atoms with Gasteiger partial charge in [-0.15, -0.1) is 11.3 Å². The first-order valence-electron chi connectivity index (χ1n) is 5.29. The van der Waals surface area contributed by atoms with E-state index >= 15 is 0 Å². The summed E-state index contributed by atoms with van der Waals surface area (Å²) in [5, 5.41) is 2.79. The Hall–Kier alpha value is -2.08. The lowest BCUT2D eigenvalue weighted by molar-refractivity contribution is 0.0469. The predicted molar refractivity (Wildman–Crippen MR) is 71.2 cm³/mol. The molecular formula is C12H13N3O2S. The Balaban J connectivity index is 2.03. The number of nitrogens with zero attached hydrogens (tertiary/aromatic N) is 1. The topological polar surface area (TPSA) is 91.2 Å². The summed E-state index contributed by atoms with van der Waals surface area (Å²) in [4.78, 5) is 16.0. The molecule has 0 aliphatic heterocycles. The average molecular weight is 263 g/mol. The van der Waals surface area contributed by atoms with Crippen LogP contribution in [-0.4, -0.2) is 11.0 Å². The van der Waals surface area contributed by atoms with Gasteiger partial charge in [-0.2, -0.15) is 0 Å². The van der Waals surface area contributed by atoms with Gasteiger partial charge < -0.3 is 16.2 Å². The highest BCUT2D eigenvalue weighted by atomic mass is 32.1. The van der Waals surface area contributed by atoms with E-state index in [1.54, 1.807) is 12.1 Å². The minimum absolute atomic E-state index is 0.146. The third-order valence-corrected chi connectivity index (χ3v) is 3.14. The summed E-state index contributed by atoms with van der Waals surface area (Å²) in [6, 6.07) is 4.70. The summed E-state index contributed by atoms with van der Waals surface area (Å²) in [6.45, 7) is 2.04. The third-order valence-electron chi connectivity index (χ3n) is 2.31. The van der Waals surface area contributed by atoms with E-state index in [1.807, 2.05) is 12.3 Å². The predicted octanol–water partition coefficient (Wildman–Crippen LogP) is 1.97. The average Bonchev–Trinajstić information content (AvgIpc) is 2.72. The highest BCUT2D eigenvalue weighted by Crippen LogP contribution is 2.17. The lowest BCUT2D eigenvalue weighted by Crippen LogP contribution is -2.08. The zero-order valence-corrected chi connectivity index (χ0v) is 10.7. The lowest BCUT2D eigenvalue weighted by atomic mass is 10.1. The van der Waals surface area contributed by atoms with Crippen molar-refractivity contribution in [2.24, 2.45) is 0 Å². The summed E-state index contributed by atoms with van der Waals surface area (Å²) in [6.07, 6.45) is 0. The number of aryl methyl sites for hydroxylation is 1. The number of aromatic nitrogens is 1. The van der Waals surface area contributed by atoms with Gasteiger partial charge in [-0.3, -0.25) is 0 Å². The number of ether oxygens (including phenoxy) is 1. The summed E-state index contributed by atoms with van der Waals surface area (Å²) in [5.74, 6) is -0.474. The molecule has 2 rings (SSSR count). The molecule has 0 bridgehead atoms. The van der Waals surface area contributed by atoms with Crippen LogP contribution in [0.5, 0.6) is 0 Å². The first kappa shape index (κ1) is 12.4. The molecule has 2 aromatic rings. The number of benzene rings is 1. The van der Waals surface area contributed by atoms with Gasteiger partial charge in [-0.25, -0.2) is 9.78 Å². The molecular weight excluding hydrogens is 250 g/mol. The summed E-state index contributed by atoms with van der Waals surface area (Å²) >= 11 is 1.51. The molecule has 1 heterocycles. The minimum atomic E-state index is -0.474. The molecule has 0 fully saturated rings. The second kappa shape index (κ2) is 5.05. The Morgan fingerprint density at radius 1 is 1.44 bits per heavy atom. The van der Waals surface area contributed by atoms with E-state index in [9.17, 15) is 4.79 Å². The molecule has 4 N–H and O–H groups in total. The zero-order valence-electron chi connectivity index (χ0n) is 9.84. The van der Waals surface area contributed by atoms with Gasteiger partial charge in [0.05, 0.1) is 16.3 Å². The SMILES string of the molecule is Cc1nc(COC(=O)c2ccc(N)cc2N)cs1. The van der Waals surface area contributed by atoms with Crippen LogP contribution < -0.4 is 11.5 Å². The van der Waals surface area contributed by atoms with Crippen LogP contribution in [0.2, 0.25) is 0 Å². The molecule has 1 aromatic carbocycles. The van der Waals surface area contributed by atoms with Crippen molar-refractivity contribution in [3.05, 3.63) is 39.8 Å². The molecule has 18 heavy (non-hydrogen) atoms. The molecule has 0 saturated carbocycles. The maximum absolute atomic E-state index is 11.8. The second-order valence-electron chi connectivity index (χ2n) is 3.78. The number of esters is 1. The zero-order chi connectivity index (χ0) is 13.1. The fraction of sp³-hybridized carbons (Fsp3) is 0.167. The van der Waals surface area contributed by atoms with Crippen molar-refractivity contribution in [1.29, 1.82) is 0 Å². The minimum Gasteiger partial charge on any atom is -0.455 e. The quantitative estimate of drug-likeness (QED) is 0.652. The van der Waals surface area contributed by atoms with Crippen molar-refractivity contribution in [1.82, 2.24) is 4.98 Å².